The molecule has 0 unspecified atom stereocenters. The number of hydrogen-bond donors (Lipinski definition) is 1. The number of ether oxygens (including phenoxy) is 2. The Morgan fingerprint density at radius 3 is 2.57 bits per heavy atom. The number of nitrogens with one attached hydrogen (secondary N) is 1. The first-order valence-electron chi connectivity index (χ1n) is 9.74. The fourth-order valence-electron chi connectivity index (χ4n) is 3.00. The molecule has 154 valence electrons. The molecule has 0 amide bonds. The molecule has 0 atom stereocenters. The highest BCUT2D eigenvalue weighted by Crippen LogP contribution is 2.37. The topological polar surface area (TPSA) is 33.7 Å². The van der Waals surface area contributed by atoms with Crippen LogP contribution in [0.1, 0.15) is 31.4 Å². The van der Waals surface area contributed by atoms with E-state index in [1.54, 1.807) is 7.11 Å². The summed E-state index contributed by atoms with van der Waals surface area (Å²) in [5, 5.41) is 4.21. The predicted octanol–water partition coefficient (Wildman–Crippen LogP) is 5.51. The van der Waals surface area contributed by atoms with Crippen molar-refractivity contribution in [2.24, 2.45) is 0 Å². The van der Waals surface area contributed by atoms with Gasteiger partial charge in [-0.05, 0) is 83.9 Å². The summed E-state index contributed by atoms with van der Waals surface area (Å²) in [7, 11) is 1.66. The quantitative estimate of drug-likeness (QED) is 0.415. The Bertz CT molecular complexity index is 738. The van der Waals surface area contributed by atoms with Crippen LogP contribution in [0, 0.1) is 0 Å². The highest BCUT2D eigenvalue weighted by Gasteiger charge is 2.12. The van der Waals surface area contributed by atoms with E-state index in [9.17, 15) is 0 Å². The van der Waals surface area contributed by atoms with E-state index in [1.165, 1.54) is 0 Å². The Labute approximate surface area is 182 Å². The maximum absolute atomic E-state index is 6.04. The lowest BCUT2D eigenvalue weighted by atomic mass is 10.2. The van der Waals surface area contributed by atoms with Crippen molar-refractivity contribution in [2.75, 3.05) is 33.3 Å². The van der Waals surface area contributed by atoms with Gasteiger partial charge in [-0.15, -0.1) is 0 Å². The Morgan fingerprint density at radius 2 is 1.89 bits per heavy atom. The lowest BCUT2D eigenvalue weighted by Crippen LogP contribution is -2.27. The summed E-state index contributed by atoms with van der Waals surface area (Å²) in [6, 6.07) is 11.8. The van der Waals surface area contributed by atoms with Gasteiger partial charge in [0.05, 0.1) is 11.6 Å². The summed E-state index contributed by atoms with van der Waals surface area (Å²) >= 11 is 9.66. The van der Waals surface area contributed by atoms with Gasteiger partial charge < -0.3 is 19.7 Å². The predicted molar refractivity (Wildman–Crippen MR) is 121 cm³/mol. The van der Waals surface area contributed by atoms with Gasteiger partial charge in [0, 0.05) is 11.6 Å². The first-order valence-corrected chi connectivity index (χ1v) is 10.9. The second-order valence-electron chi connectivity index (χ2n) is 6.58. The van der Waals surface area contributed by atoms with E-state index < -0.39 is 0 Å². The minimum absolute atomic E-state index is 0.429. The lowest BCUT2D eigenvalue weighted by Gasteiger charge is -2.18. The van der Waals surface area contributed by atoms with Crippen molar-refractivity contribution >= 4 is 27.5 Å². The van der Waals surface area contributed by atoms with Gasteiger partial charge in [-0.25, -0.2) is 0 Å². The van der Waals surface area contributed by atoms with Crippen LogP contribution in [0.4, 0.5) is 0 Å². The molecule has 0 aliphatic rings. The third kappa shape index (κ3) is 7.28. The fourth-order valence-corrected chi connectivity index (χ4v) is 3.81. The van der Waals surface area contributed by atoms with Crippen molar-refractivity contribution in [3.63, 3.8) is 0 Å². The van der Waals surface area contributed by atoms with Gasteiger partial charge in [0.1, 0.15) is 6.61 Å². The zero-order valence-corrected chi connectivity index (χ0v) is 19.3. The molecule has 0 spiro atoms. The molecule has 2 rings (SSSR count). The van der Waals surface area contributed by atoms with Crippen LogP contribution in [-0.2, 0) is 13.2 Å². The van der Waals surface area contributed by atoms with Crippen LogP contribution in [-0.4, -0.2) is 38.2 Å². The Balaban J connectivity index is 1.91. The molecule has 6 heteroatoms. The monoisotopic (exact) mass is 468 g/mol. The van der Waals surface area contributed by atoms with Crippen LogP contribution in [0.25, 0.3) is 0 Å². The summed E-state index contributed by atoms with van der Waals surface area (Å²) in [6.45, 7) is 9.97. The van der Waals surface area contributed by atoms with E-state index in [0.717, 1.165) is 60.5 Å². The first kappa shape index (κ1) is 23.0. The number of hydrogen-bond acceptors (Lipinski definition) is 4. The Hall–Kier alpha value is -1.27. The van der Waals surface area contributed by atoms with Crippen molar-refractivity contribution in [3.05, 3.63) is 57.0 Å². The average Bonchev–Trinajstić information content (AvgIpc) is 2.69. The highest BCUT2D eigenvalue weighted by molar-refractivity contribution is 9.10. The maximum Gasteiger partial charge on any atom is 0.175 e. The number of benzene rings is 2. The van der Waals surface area contributed by atoms with Crippen LogP contribution < -0.4 is 14.8 Å². The zero-order valence-electron chi connectivity index (χ0n) is 16.9. The number of methoxy groups -OCH3 is 1. The molecule has 0 aromatic heterocycles. The third-order valence-corrected chi connectivity index (χ3v) is 5.44. The molecule has 0 radical (unpaired) electrons. The SMILES string of the molecule is CCN(CC)CCCNCc1cc(Br)c(OCc2cccc(Cl)c2)c(OC)c1. The molecule has 28 heavy (non-hydrogen) atoms. The van der Waals surface area contributed by atoms with Crippen molar-refractivity contribution in [3.8, 4) is 11.5 Å². The molecule has 2 aromatic rings. The van der Waals surface area contributed by atoms with E-state index in [-0.39, 0.29) is 0 Å². The molecule has 0 saturated carbocycles. The van der Waals surface area contributed by atoms with Gasteiger partial charge in [-0.3, -0.25) is 0 Å². The van der Waals surface area contributed by atoms with Crippen LogP contribution in [0.5, 0.6) is 11.5 Å². The molecule has 1 N–H and O–H groups in total. The van der Waals surface area contributed by atoms with Crippen molar-refractivity contribution < 1.29 is 9.47 Å². The van der Waals surface area contributed by atoms with Gasteiger partial charge in [-0.1, -0.05) is 37.6 Å². The smallest absolute Gasteiger partial charge is 0.175 e. The normalized spacial score (nSPS) is 11.1. The van der Waals surface area contributed by atoms with Gasteiger partial charge >= 0.3 is 0 Å². The molecule has 0 aliphatic carbocycles. The van der Waals surface area contributed by atoms with Crippen molar-refractivity contribution in [1.82, 2.24) is 10.2 Å². The van der Waals surface area contributed by atoms with Gasteiger partial charge in [0.2, 0.25) is 0 Å². The molecule has 0 bridgehead atoms. The fraction of sp³-hybridized carbons (Fsp3) is 0.455. The summed E-state index contributed by atoms with van der Waals surface area (Å²) < 4.78 is 12.4. The molecule has 0 saturated heterocycles. The van der Waals surface area contributed by atoms with E-state index >= 15 is 0 Å². The van der Waals surface area contributed by atoms with Crippen LogP contribution >= 0.6 is 27.5 Å². The van der Waals surface area contributed by atoms with Gasteiger partial charge in [0.25, 0.3) is 0 Å². The van der Waals surface area contributed by atoms with Crippen LogP contribution in [0.15, 0.2) is 40.9 Å². The number of nitrogens with zero attached hydrogens (tertiary/aromatic N) is 1. The number of rotatable bonds is 12. The number of halogens is 2. The summed E-state index contributed by atoms with van der Waals surface area (Å²) in [5.41, 5.74) is 2.17. The van der Waals surface area contributed by atoms with E-state index in [0.29, 0.717) is 17.4 Å². The molecule has 4 nitrogen and oxygen atoms in total. The molecule has 2 aromatic carbocycles. The Morgan fingerprint density at radius 1 is 1.11 bits per heavy atom. The first-order chi connectivity index (χ1) is 13.6. The lowest BCUT2D eigenvalue weighted by molar-refractivity contribution is 0.282. The molecular weight excluding hydrogens is 440 g/mol. The van der Waals surface area contributed by atoms with Crippen LogP contribution in [0.3, 0.4) is 0 Å². The van der Waals surface area contributed by atoms with Crippen molar-refractivity contribution in [2.45, 2.75) is 33.4 Å². The minimum Gasteiger partial charge on any atom is -0.493 e. The summed E-state index contributed by atoms with van der Waals surface area (Å²) in [4.78, 5) is 2.44. The van der Waals surface area contributed by atoms with E-state index in [1.807, 2.05) is 30.3 Å². The Kier molecular flexibility index (Phi) is 10.1. The van der Waals surface area contributed by atoms with Gasteiger partial charge in [-0.2, -0.15) is 0 Å². The van der Waals surface area contributed by atoms with Gasteiger partial charge in [0.15, 0.2) is 11.5 Å². The standard InChI is InChI=1S/C22H30BrClN2O2/c1-4-26(5-2)11-7-10-25-15-18-13-20(23)22(21(14-18)27-3)28-16-17-8-6-9-19(24)12-17/h6,8-9,12-14,25H,4-5,7,10-11,15-16H2,1-3H3. The molecular formula is C22H30BrClN2O2. The zero-order chi connectivity index (χ0) is 20.4. The molecule has 0 fully saturated rings. The van der Waals surface area contributed by atoms with E-state index in [4.69, 9.17) is 21.1 Å². The second-order valence-corrected chi connectivity index (χ2v) is 7.88. The van der Waals surface area contributed by atoms with Crippen molar-refractivity contribution in [1.29, 1.82) is 0 Å². The largest absolute Gasteiger partial charge is 0.493 e. The summed E-state index contributed by atoms with van der Waals surface area (Å²) in [5.74, 6) is 1.42. The minimum atomic E-state index is 0.429. The second kappa shape index (κ2) is 12.3. The van der Waals surface area contributed by atoms with Crippen LogP contribution in [0.2, 0.25) is 5.02 Å². The van der Waals surface area contributed by atoms with E-state index in [2.05, 4.69) is 46.1 Å². The molecule has 0 heterocycles. The molecule has 0 aliphatic heterocycles. The third-order valence-electron chi connectivity index (χ3n) is 4.61. The highest BCUT2D eigenvalue weighted by atomic mass is 79.9. The average molecular weight is 470 g/mol. The maximum atomic E-state index is 6.04. The summed E-state index contributed by atoms with van der Waals surface area (Å²) in [6.07, 6.45) is 1.14.